The first-order chi connectivity index (χ1) is 5.85. The molecule has 0 bridgehead atoms. The summed E-state index contributed by atoms with van der Waals surface area (Å²) < 4.78 is 0. The van der Waals surface area contributed by atoms with Gasteiger partial charge in [0, 0.05) is 11.8 Å². The smallest absolute Gasteiger partial charge is 0.0155 e. The van der Waals surface area contributed by atoms with E-state index in [9.17, 15) is 0 Å². The third kappa shape index (κ3) is 6.74. The fraction of sp³-hybridized carbons (Fsp3) is 0.800. The van der Waals surface area contributed by atoms with Crippen molar-refractivity contribution in [2.24, 2.45) is 0 Å². The van der Waals surface area contributed by atoms with Gasteiger partial charge < -0.3 is 5.32 Å². The molecule has 1 N–H and O–H groups in total. The van der Waals surface area contributed by atoms with E-state index in [4.69, 9.17) is 0 Å². The van der Waals surface area contributed by atoms with E-state index in [1.165, 1.54) is 24.3 Å². The standard InChI is InChI=1S/C10H21NS/c1-4-6-7-8-10(11-3)9-12-5-2/h4,10-11H,1,5-9H2,2-3H3. The van der Waals surface area contributed by atoms with E-state index in [1.54, 1.807) is 0 Å². The Labute approximate surface area is 81.0 Å². The van der Waals surface area contributed by atoms with Crippen LogP contribution in [0.3, 0.4) is 0 Å². The van der Waals surface area contributed by atoms with Gasteiger partial charge in [-0.3, -0.25) is 0 Å². The van der Waals surface area contributed by atoms with Gasteiger partial charge >= 0.3 is 0 Å². The summed E-state index contributed by atoms with van der Waals surface area (Å²) in [5, 5.41) is 3.34. The topological polar surface area (TPSA) is 12.0 Å². The van der Waals surface area contributed by atoms with Gasteiger partial charge in [0.1, 0.15) is 0 Å². The van der Waals surface area contributed by atoms with Gasteiger partial charge in [-0.05, 0) is 32.1 Å². The molecule has 0 aromatic rings. The Balaban J connectivity index is 3.32. The molecule has 0 fully saturated rings. The lowest BCUT2D eigenvalue weighted by Crippen LogP contribution is -2.27. The number of allylic oxidation sites excluding steroid dienone is 1. The summed E-state index contributed by atoms with van der Waals surface area (Å²) in [6.07, 6.45) is 5.68. The molecular formula is C10H21NS. The summed E-state index contributed by atoms with van der Waals surface area (Å²) >= 11 is 2.01. The average Bonchev–Trinajstić information content (AvgIpc) is 2.11. The van der Waals surface area contributed by atoms with Crippen LogP contribution in [0.25, 0.3) is 0 Å². The molecule has 12 heavy (non-hydrogen) atoms. The average molecular weight is 187 g/mol. The molecule has 0 heterocycles. The van der Waals surface area contributed by atoms with Gasteiger partial charge in [-0.1, -0.05) is 13.0 Å². The zero-order valence-corrected chi connectivity index (χ0v) is 9.12. The van der Waals surface area contributed by atoms with Crippen LogP contribution in [0.4, 0.5) is 0 Å². The van der Waals surface area contributed by atoms with E-state index in [0.29, 0.717) is 6.04 Å². The van der Waals surface area contributed by atoms with Crippen molar-refractivity contribution in [3.63, 3.8) is 0 Å². The normalized spacial score (nSPS) is 12.8. The molecule has 0 radical (unpaired) electrons. The summed E-state index contributed by atoms with van der Waals surface area (Å²) in [6.45, 7) is 5.93. The predicted molar refractivity (Wildman–Crippen MR) is 59.9 cm³/mol. The molecular weight excluding hydrogens is 166 g/mol. The zero-order chi connectivity index (χ0) is 9.23. The van der Waals surface area contributed by atoms with Crippen LogP contribution >= 0.6 is 11.8 Å². The van der Waals surface area contributed by atoms with Crippen molar-refractivity contribution < 1.29 is 0 Å². The van der Waals surface area contributed by atoms with E-state index in [0.717, 1.165) is 6.42 Å². The third-order valence-electron chi connectivity index (χ3n) is 1.89. The second kappa shape index (κ2) is 9.14. The summed E-state index contributed by atoms with van der Waals surface area (Å²) in [5.74, 6) is 2.46. The van der Waals surface area contributed by atoms with Crippen LogP contribution in [0.15, 0.2) is 12.7 Å². The highest BCUT2D eigenvalue weighted by molar-refractivity contribution is 7.99. The van der Waals surface area contributed by atoms with Crippen molar-refractivity contribution in [1.29, 1.82) is 0 Å². The van der Waals surface area contributed by atoms with Crippen LogP contribution in [0.2, 0.25) is 0 Å². The number of unbranched alkanes of at least 4 members (excludes halogenated alkanes) is 1. The molecule has 0 aliphatic rings. The van der Waals surface area contributed by atoms with Crippen molar-refractivity contribution in [3.05, 3.63) is 12.7 Å². The van der Waals surface area contributed by atoms with E-state index in [1.807, 2.05) is 17.8 Å². The fourth-order valence-electron chi connectivity index (χ4n) is 1.08. The maximum absolute atomic E-state index is 3.72. The van der Waals surface area contributed by atoms with Gasteiger partial charge in [0.15, 0.2) is 0 Å². The Hall–Kier alpha value is 0.0500. The van der Waals surface area contributed by atoms with E-state index in [2.05, 4.69) is 25.9 Å². The molecule has 0 saturated heterocycles. The summed E-state index contributed by atoms with van der Waals surface area (Å²) in [7, 11) is 2.05. The summed E-state index contributed by atoms with van der Waals surface area (Å²) in [5.41, 5.74) is 0. The van der Waals surface area contributed by atoms with Crippen molar-refractivity contribution in [1.82, 2.24) is 5.32 Å². The molecule has 0 spiro atoms. The minimum absolute atomic E-state index is 0.690. The van der Waals surface area contributed by atoms with Gasteiger partial charge in [-0.25, -0.2) is 0 Å². The molecule has 72 valence electrons. The van der Waals surface area contributed by atoms with Crippen LogP contribution in [0, 0.1) is 0 Å². The second-order valence-electron chi connectivity index (χ2n) is 2.86. The number of hydrogen-bond acceptors (Lipinski definition) is 2. The zero-order valence-electron chi connectivity index (χ0n) is 8.31. The van der Waals surface area contributed by atoms with E-state index >= 15 is 0 Å². The minimum atomic E-state index is 0.690. The van der Waals surface area contributed by atoms with Crippen molar-refractivity contribution in [2.45, 2.75) is 32.2 Å². The lowest BCUT2D eigenvalue weighted by Gasteiger charge is -2.14. The van der Waals surface area contributed by atoms with Gasteiger partial charge in [-0.2, -0.15) is 11.8 Å². The number of hydrogen-bond donors (Lipinski definition) is 1. The third-order valence-corrected chi connectivity index (χ3v) is 2.94. The summed E-state index contributed by atoms with van der Waals surface area (Å²) in [4.78, 5) is 0. The highest BCUT2D eigenvalue weighted by Crippen LogP contribution is 2.08. The second-order valence-corrected chi connectivity index (χ2v) is 4.18. The van der Waals surface area contributed by atoms with Gasteiger partial charge in [0.05, 0.1) is 0 Å². The Morgan fingerprint density at radius 1 is 1.58 bits per heavy atom. The number of thioether (sulfide) groups is 1. The van der Waals surface area contributed by atoms with Gasteiger partial charge in [0.2, 0.25) is 0 Å². The van der Waals surface area contributed by atoms with Crippen LogP contribution in [0.5, 0.6) is 0 Å². The fourth-order valence-corrected chi connectivity index (χ4v) is 1.93. The lowest BCUT2D eigenvalue weighted by atomic mass is 10.1. The first-order valence-corrected chi connectivity index (χ1v) is 5.86. The largest absolute Gasteiger partial charge is 0.316 e. The SMILES string of the molecule is C=CCCCC(CSCC)NC. The number of rotatable bonds is 8. The van der Waals surface area contributed by atoms with E-state index < -0.39 is 0 Å². The van der Waals surface area contributed by atoms with Crippen LogP contribution in [0.1, 0.15) is 26.2 Å². The molecule has 0 amide bonds. The molecule has 1 nitrogen and oxygen atoms in total. The first kappa shape index (κ1) is 12.0. The molecule has 1 unspecified atom stereocenters. The van der Waals surface area contributed by atoms with Gasteiger partial charge in [-0.15, -0.1) is 6.58 Å². The molecule has 0 saturated carbocycles. The Kier molecular flexibility index (Phi) is 9.18. The quantitative estimate of drug-likeness (QED) is 0.463. The van der Waals surface area contributed by atoms with Crippen molar-refractivity contribution >= 4 is 11.8 Å². The number of nitrogens with one attached hydrogen (secondary N) is 1. The minimum Gasteiger partial charge on any atom is -0.316 e. The molecule has 0 aromatic heterocycles. The highest BCUT2D eigenvalue weighted by atomic mass is 32.2. The molecule has 0 aliphatic carbocycles. The van der Waals surface area contributed by atoms with Crippen LogP contribution in [-0.2, 0) is 0 Å². The molecule has 0 aromatic carbocycles. The maximum Gasteiger partial charge on any atom is 0.0155 e. The molecule has 2 heteroatoms. The maximum atomic E-state index is 3.72. The lowest BCUT2D eigenvalue weighted by molar-refractivity contribution is 0.552. The Bertz CT molecular complexity index is 104. The monoisotopic (exact) mass is 187 g/mol. The van der Waals surface area contributed by atoms with Crippen LogP contribution in [-0.4, -0.2) is 24.6 Å². The summed E-state index contributed by atoms with van der Waals surface area (Å²) in [6, 6.07) is 0.690. The molecule has 0 aliphatic heterocycles. The predicted octanol–water partition coefficient (Wildman–Crippen LogP) is 2.68. The molecule has 1 atom stereocenters. The highest BCUT2D eigenvalue weighted by Gasteiger charge is 2.03. The Morgan fingerprint density at radius 3 is 2.83 bits per heavy atom. The first-order valence-electron chi connectivity index (χ1n) is 4.71. The van der Waals surface area contributed by atoms with Crippen LogP contribution < -0.4 is 5.32 Å². The van der Waals surface area contributed by atoms with Crippen molar-refractivity contribution in [3.8, 4) is 0 Å². The Morgan fingerprint density at radius 2 is 2.33 bits per heavy atom. The molecule has 0 rings (SSSR count). The van der Waals surface area contributed by atoms with E-state index in [-0.39, 0.29) is 0 Å². The van der Waals surface area contributed by atoms with Gasteiger partial charge in [0.25, 0.3) is 0 Å². The van der Waals surface area contributed by atoms with Crippen molar-refractivity contribution in [2.75, 3.05) is 18.6 Å².